The molecule has 1 aromatic rings. The Morgan fingerprint density at radius 1 is 0.941 bits per heavy atom. The number of hydrogen-bond acceptors (Lipinski definition) is 2. The first-order chi connectivity index (χ1) is 8.26. The van der Waals surface area contributed by atoms with Crippen molar-refractivity contribution in [3.8, 4) is 0 Å². The number of hydrogen-bond donors (Lipinski definition) is 0. The molecule has 0 saturated heterocycles. The molecule has 0 aliphatic rings. The zero-order valence-electron chi connectivity index (χ0n) is 11.2. The molecule has 2 nitrogen and oxygen atoms in total. The summed E-state index contributed by atoms with van der Waals surface area (Å²) < 4.78 is 3.15. The molecular formula is C14H24O2Sn. The number of unbranched alkanes of at least 4 members (excludes halogenated alkanes) is 1. The molecular weight excluding hydrogens is 319 g/mol. The van der Waals surface area contributed by atoms with Crippen molar-refractivity contribution in [2.45, 2.75) is 38.0 Å². The maximum atomic E-state index is 8.93. The predicted octanol–water partition coefficient (Wildman–Crippen LogP) is 0.968. The Hall–Kier alpha value is -0.0613. The van der Waals surface area contributed by atoms with E-state index in [0.717, 1.165) is 0 Å². The van der Waals surface area contributed by atoms with Gasteiger partial charge < -0.3 is 10.2 Å². The Morgan fingerprint density at radius 2 is 1.41 bits per heavy atom. The molecule has 1 rings (SSSR count). The summed E-state index contributed by atoms with van der Waals surface area (Å²) in [6.45, 7) is 5.41. The van der Waals surface area contributed by atoms with E-state index < -0.39 is 0 Å². The Kier molecular flexibility index (Phi) is 20.8. The average Bonchev–Trinajstić information content (AvgIpc) is 2.33. The summed E-state index contributed by atoms with van der Waals surface area (Å²) >= 11 is -0.184. The van der Waals surface area contributed by atoms with E-state index in [0.29, 0.717) is 0 Å². The Morgan fingerprint density at radius 3 is 1.82 bits per heavy atom. The summed E-state index contributed by atoms with van der Waals surface area (Å²) in [4.78, 5) is 0. The molecule has 17 heavy (non-hydrogen) atoms. The third kappa shape index (κ3) is 18.5. The molecule has 0 N–H and O–H groups in total. The molecule has 0 amide bonds. The Bertz CT molecular complexity index is 213. The third-order valence-electron chi connectivity index (χ3n) is 1.63. The van der Waals surface area contributed by atoms with Crippen molar-refractivity contribution in [1.82, 2.24) is 0 Å². The van der Waals surface area contributed by atoms with Gasteiger partial charge in [-0.15, -0.1) is 13.2 Å². The first kappa shape index (κ1) is 19.3. The van der Waals surface area contributed by atoms with Gasteiger partial charge in [-0.2, -0.15) is 0 Å². The molecule has 0 fully saturated rings. The summed E-state index contributed by atoms with van der Waals surface area (Å²) in [5.74, 6) is 0. The van der Waals surface area contributed by atoms with E-state index in [1.54, 1.807) is 17.4 Å². The van der Waals surface area contributed by atoms with Gasteiger partial charge in [-0.05, 0) is 0 Å². The maximum Gasteiger partial charge on any atom is -0.0809 e. The van der Waals surface area contributed by atoms with Gasteiger partial charge >= 0.3 is 79.3 Å². The van der Waals surface area contributed by atoms with Gasteiger partial charge in [0.15, 0.2) is 0 Å². The van der Waals surface area contributed by atoms with Crippen LogP contribution >= 0.6 is 0 Å². The molecule has 0 spiro atoms. The molecule has 0 aliphatic heterocycles. The Labute approximate surface area is 116 Å². The van der Waals surface area contributed by atoms with Crippen LogP contribution in [-0.4, -0.2) is 34.4 Å². The summed E-state index contributed by atoms with van der Waals surface area (Å²) in [5, 5.41) is 17.9. The summed E-state index contributed by atoms with van der Waals surface area (Å²) in [5.41, 5.74) is 0. The van der Waals surface area contributed by atoms with Crippen LogP contribution in [0.3, 0.4) is 0 Å². The van der Waals surface area contributed by atoms with Crippen LogP contribution in [0.2, 0.25) is 4.44 Å². The van der Waals surface area contributed by atoms with Gasteiger partial charge in [-0.3, -0.25) is 0 Å². The minimum Gasteiger partial charge on any atom is -0.855 e. The van der Waals surface area contributed by atoms with Crippen LogP contribution in [0.15, 0.2) is 30.3 Å². The predicted molar refractivity (Wildman–Crippen MR) is 72.6 cm³/mol. The Balaban J connectivity index is 0. The first-order valence-corrected chi connectivity index (χ1v) is 9.66. The minimum absolute atomic E-state index is 0. The minimum atomic E-state index is -0.184. The molecule has 3 heteroatoms. The van der Waals surface area contributed by atoms with Crippen LogP contribution in [0.1, 0.15) is 33.6 Å². The van der Waals surface area contributed by atoms with E-state index in [2.05, 4.69) is 37.3 Å². The van der Waals surface area contributed by atoms with Crippen molar-refractivity contribution in [3.05, 3.63) is 30.3 Å². The van der Waals surface area contributed by atoms with Crippen LogP contribution in [0.5, 0.6) is 0 Å². The fraction of sp³-hybridized carbons (Fsp3) is 0.571. The summed E-state index contributed by atoms with van der Waals surface area (Å²) in [6, 6.07) is 11.0. The van der Waals surface area contributed by atoms with Crippen molar-refractivity contribution < 1.29 is 10.2 Å². The van der Waals surface area contributed by atoms with Crippen molar-refractivity contribution in [1.29, 1.82) is 0 Å². The second-order valence-electron chi connectivity index (χ2n) is 3.22. The van der Waals surface area contributed by atoms with Gasteiger partial charge in [0.2, 0.25) is 0 Å². The van der Waals surface area contributed by atoms with Gasteiger partial charge in [0.05, 0.1) is 0 Å². The second kappa shape index (κ2) is 18.3. The molecule has 0 heterocycles. The van der Waals surface area contributed by atoms with Gasteiger partial charge in [0.1, 0.15) is 0 Å². The van der Waals surface area contributed by atoms with Gasteiger partial charge in [0.25, 0.3) is 0 Å². The van der Waals surface area contributed by atoms with Crippen molar-refractivity contribution in [2.24, 2.45) is 0 Å². The molecule has 0 radical (unpaired) electrons. The number of rotatable bonds is 4. The van der Waals surface area contributed by atoms with Crippen LogP contribution in [0.4, 0.5) is 0 Å². The third-order valence-corrected chi connectivity index (χ3v) is 5.47. The summed E-state index contributed by atoms with van der Waals surface area (Å²) in [7, 11) is 0. The quantitative estimate of drug-likeness (QED) is 0.604. The topological polar surface area (TPSA) is 46.1 Å². The molecule has 0 aromatic heterocycles. The zero-order chi connectivity index (χ0) is 13.4. The van der Waals surface area contributed by atoms with Gasteiger partial charge in [0, 0.05) is 0 Å². The first-order valence-electron chi connectivity index (χ1n) is 6.21. The smallest absolute Gasteiger partial charge is 0.0809 e. The van der Waals surface area contributed by atoms with Gasteiger partial charge in [-0.25, -0.2) is 0 Å². The monoisotopic (exact) mass is 344 g/mol. The molecule has 96 valence electrons. The van der Waals surface area contributed by atoms with Crippen molar-refractivity contribution >= 4 is 24.7 Å². The average molecular weight is 343 g/mol. The van der Waals surface area contributed by atoms with Crippen LogP contribution in [0.25, 0.3) is 0 Å². The normalized spacial score (nSPS) is 8.06. The molecule has 0 atom stereocenters. The van der Waals surface area contributed by atoms with E-state index in [4.69, 9.17) is 10.2 Å². The fourth-order valence-corrected chi connectivity index (χ4v) is 4.53. The molecule has 1 aromatic carbocycles. The van der Waals surface area contributed by atoms with Gasteiger partial charge in [-0.1, -0.05) is 13.8 Å². The van der Waals surface area contributed by atoms with Crippen LogP contribution in [0, 0.1) is 0 Å². The largest absolute Gasteiger partial charge is 0.855 e. The second-order valence-corrected chi connectivity index (χ2v) is 7.31. The van der Waals surface area contributed by atoms with E-state index in [9.17, 15) is 0 Å². The number of benzene rings is 1. The van der Waals surface area contributed by atoms with Crippen LogP contribution in [-0.2, 0) is 0 Å². The van der Waals surface area contributed by atoms with E-state index >= 15 is 0 Å². The maximum absolute atomic E-state index is 8.93. The van der Waals surface area contributed by atoms with E-state index in [1.165, 1.54) is 17.3 Å². The molecule has 0 bridgehead atoms. The molecule has 0 unspecified atom stereocenters. The summed E-state index contributed by atoms with van der Waals surface area (Å²) in [6.07, 6.45) is 2.79. The zero-order valence-corrected chi connectivity index (χ0v) is 14.1. The van der Waals surface area contributed by atoms with Crippen molar-refractivity contribution in [2.75, 3.05) is 13.2 Å². The van der Waals surface area contributed by atoms with E-state index in [-0.39, 0.29) is 34.4 Å². The SMILES string of the molecule is CCC[CH2][Sn+2][c]1ccccc1.CC[O-].CC[O-]. The van der Waals surface area contributed by atoms with Crippen LogP contribution < -0.4 is 13.8 Å². The fourth-order valence-electron chi connectivity index (χ4n) is 0.966. The molecule has 0 saturated carbocycles. The van der Waals surface area contributed by atoms with Crippen molar-refractivity contribution in [3.63, 3.8) is 0 Å². The van der Waals surface area contributed by atoms with E-state index in [1.807, 2.05) is 0 Å². The molecule has 0 aliphatic carbocycles. The standard InChI is InChI=1S/C6H5.C4H9.2C2H5O.Sn/c1-2-4-6-5-3-1;1-3-4-2;2*1-2-3;/h1-5H;1,3-4H2,2H3;2*2H2,1H3;/q;;2*-1;+2.